The Labute approximate surface area is 153 Å². The minimum absolute atomic E-state index is 0.409. The lowest BCUT2D eigenvalue weighted by Crippen LogP contribution is -2.01. The van der Waals surface area contributed by atoms with Crippen molar-refractivity contribution in [1.29, 1.82) is 0 Å². The lowest BCUT2D eigenvalue weighted by molar-refractivity contribution is 0.221. The van der Waals surface area contributed by atoms with Gasteiger partial charge >= 0.3 is 0 Å². The van der Waals surface area contributed by atoms with Crippen molar-refractivity contribution in [3.8, 4) is 11.1 Å². The highest BCUT2D eigenvalue weighted by Gasteiger charge is 2.19. The molecule has 3 rings (SSSR count). The number of halogens is 4. The van der Waals surface area contributed by atoms with Crippen molar-refractivity contribution >= 4 is 46.4 Å². The van der Waals surface area contributed by atoms with Gasteiger partial charge in [-0.1, -0.05) is 58.5 Å². The van der Waals surface area contributed by atoms with Crippen LogP contribution in [0.15, 0.2) is 48.8 Å². The van der Waals surface area contributed by atoms with Gasteiger partial charge in [0.1, 0.15) is 6.10 Å². The van der Waals surface area contributed by atoms with Gasteiger partial charge in [-0.3, -0.25) is 0 Å². The number of hydrogen-bond donors (Lipinski definition) is 2. The SMILES string of the molecule is O[C@H](c1ccc(Cl)cc1Cl)c1c[nH]cc1-c1ccc(Cl)c(Cl)c1. The van der Waals surface area contributed by atoms with Crippen LogP contribution in [0.4, 0.5) is 0 Å². The lowest BCUT2D eigenvalue weighted by Gasteiger charge is -2.14. The number of nitrogens with one attached hydrogen (secondary N) is 1. The van der Waals surface area contributed by atoms with E-state index in [4.69, 9.17) is 46.4 Å². The zero-order chi connectivity index (χ0) is 16.6. The predicted octanol–water partition coefficient (Wildman–Crippen LogP) is 6.38. The second-order valence-electron chi connectivity index (χ2n) is 5.02. The van der Waals surface area contributed by atoms with Crippen molar-refractivity contribution in [1.82, 2.24) is 4.98 Å². The van der Waals surface area contributed by atoms with Crippen LogP contribution < -0.4 is 0 Å². The van der Waals surface area contributed by atoms with E-state index >= 15 is 0 Å². The zero-order valence-electron chi connectivity index (χ0n) is 11.7. The summed E-state index contributed by atoms with van der Waals surface area (Å²) in [5, 5.41) is 12.6. The van der Waals surface area contributed by atoms with E-state index in [-0.39, 0.29) is 0 Å². The van der Waals surface area contributed by atoms with Crippen molar-refractivity contribution in [3.05, 3.63) is 80.0 Å². The molecule has 0 aliphatic rings. The van der Waals surface area contributed by atoms with E-state index in [1.807, 2.05) is 6.07 Å². The summed E-state index contributed by atoms with van der Waals surface area (Å²) in [5.74, 6) is 0. The minimum atomic E-state index is -0.893. The third-order valence-corrected chi connectivity index (χ3v) is 4.86. The van der Waals surface area contributed by atoms with Gasteiger partial charge in [0.2, 0.25) is 0 Å². The Kier molecular flexibility index (Phi) is 4.90. The van der Waals surface area contributed by atoms with E-state index in [1.165, 1.54) is 0 Å². The van der Waals surface area contributed by atoms with Gasteiger partial charge in [0.05, 0.1) is 10.0 Å². The average molecular weight is 387 g/mol. The standard InChI is InChI=1S/C17H11Cl4NO/c18-10-2-3-11(15(20)6-10)17(23)13-8-22-7-12(13)9-1-4-14(19)16(21)5-9/h1-8,17,22-23H/t17-/m1/s1. The number of benzene rings is 2. The molecule has 0 unspecified atom stereocenters. The van der Waals surface area contributed by atoms with Gasteiger partial charge in [0.15, 0.2) is 0 Å². The van der Waals surface area contributed by atoms with Crippen LogP contribution in [0.3, 0.4) is 0 Å². The molecule has 118 valence electrons. The maximum atomic E-state index is 10.7. The number of aromatic nitrogens is 1. The first-order valence-electron chi connectivity index (χ1n) is 6.72. The topological polar surface area (TPSA) is 36.0 Å². The van der Waals surface area contributed by atoms with Crippen LogP contribution in [0.2, 0.25) is 20.1 Å². The molecule has 1 heterocycles. The highest BCUT2D eigenvalue weighted by molar-refractivity contribution is 6.42. The fraction of sp³-hybridized carbons (Fsp3) is 0.0588. The van der Waals surface area contributed by atoms with Crippen molar-refractivity contribution in [3.63, 3.8) is 0 Å². The first-order chi connectivity index (χ1) is 11.0. The van der Waals surface area contributed by atoms with Gasteiger partial charge in [0.25, 0.3) is 0 Å². The van der Waals surface area contributed by atoms with E-state index < -0.39 is 6.10 Å². The van der Waals surface area contributed by atoms with Crippen LogP contribution in [0, 0.1) is 0 Å². The molecule has 2 nitrogen and oxygen atoms in total. The summed E-state index contributed by atoms with van der Waals surface area (Å²) in [4.78, 5) is 3.01. The van der Waals surface area contributed by atoms with Gasteiger partial charge in [-0.05, 0) is 29.8 Å². The molecule has 0 bridgehead atoms. The van der Waals surface area contributed by atoms with Gasteiger partial charge in [-0.2, -0.15) is 0 Å². The summed E-state index contributed by atoms with van der Waals surface area (Å²) in [6.45, 7) is 0. The Hall–Kier alpha value is -1.16. The fourth-order valence-corrected chi connectivity index (χ4v) is 3.22. The van der Waals surface area contributed by atoms with Crippen LogP contribution in [0.1, 0.15) is 17.2 Å². The molecule has 0 aliphatic carbocycles. The van der Waals surface area contributed by atoms with E-state index in [0.29, 0.717) is 31.2 Å². The van der Waals surface area contributed by atoms with Crippen LogP contribution in [-0.4, -0.2) is 10.1 Å². The first-order valence-corrected chi connectivity index (χ1v) is 8.23. The molecule has 0 aliphatic heterocycles. The summed E-state index contributed by atoms with van der Waals surface area (Å²) >= 11 is 24.1. The lowest BCUT2D eigenvalue weighted by atomic mass is 9.97. The minimum Gasteiger partial charge on any atom is -0.384 e. The molecule has 6 heteroatoms. The quantitative estimate of drug-likeness (QED) is 0.538. The van der Waals surface area contributed by atoms with E-state index in [0.717, 1.165) is 11.1 Å². The molecule has 0 saturated heterocycles. The monoisotopic (exact) mass is 385 g/mol. The predicted molar refractivity (Wildman–Crippen MR) is 96.8 cm³/mol. The Morgan fingerprint density at radius 3 is 2.26 bits per heavy atom. The third-order valence-electron chi connectivity index (χ3n) is 3.56. The van der Waals surface area contributed by atoms with Gasteiger partial charge in [-0.15, -0.1) is 0 Å². The molecule has 2 N–H and O–H groups in total. The zero-order valence-corrected chi connectivity index (χ0v) is 14.7. The Balaban J connectivity index is 2.04. The van der Waals surface area contributed by atoms with E-state index in [1.54, 1.807) is 42.7 Å². The molecule has 0 fully saturated rings. The molecule has 1 aromatic heterocycles. The summed E-state index contributed by atoms with van der Waals surface area (Å²) in [6, 6.07) is 10.3. The summed E-state index contributed by atoms with van der Waals surface area (Å²) in [6.07, 6.45) is 2.63. The van der Waals surface area contributed by atoms with Crippen LogP contribution in [0.25, 0.3) is 11.1 Å². The number of hydrogen-bond acceptors (Lipinski definition) is 1. The van der Waals surface area contributed by atoms with Crippen molar-refractivity contribution < 1.29 is 5.11 Å². The number of aliphatic hydroxyl groups excluding tert-OH is 1. The molecule has 2 aromatic carbocycles. The molecular formula is C17H11Cl4NO. The second-order valence-corrected chi connectivity index (χ2v) is 6.68. The van der Waals surface area contributed by atoms with Gasteiger partial charge < -0.3 is 10.1 Å². The number of rotatable bonds is 3. The Bertz CT molecular complexity index is 860. The molecule has 1 atom stereocenters. The molecule has 0 amide bonds. The molecular weight excluding hydrogens is 376 g/mol. The van der Waals surface area contributed by atoms with E-state index in [9.17, 15) is 5.11 Å². The molecule has 3 aromatic rings. The van der Waals surface area contributed by atoms with Crippen molar-refractivity contribution in [2.75, 3.05) is 0 Å². The van der Waals surface area contributed by atoms with Gasteiger partial charge in [0, 0.05) is 39.1 Å². The Morgan fingerprint density at radius 1 is 0.783 bits per heavy atom. The summed E-state index contributed by atoms with van der Waals surface area (Å²) in [7, 11) is 0. The molecule has 0 spiro atoms. The van der Waals surface area contributed by atoms with Crippen LogP contribution in [0.5, 0.6) is 0 Å². The highest BCUT2D eigenvalue weighted by atomic mass is 35.5. The largest absolute Gasteiger partial charge is 0.384 e. The van der Waals surface area contributed by atoms with Gasteiger partial charge in [-0.25, -0.2) is 0 Å². The smallest absolute Gasteiger partial charge is 0.108 e. The average Bonchev–Trinajstić information content (AvgIpc) is 2.99. The maximum Gasteiger partial charge on any atom is 0.108 e. The van der Waals surface area contributed by atoms with Crippen LogP contribution >= 0.6 is 46.4 Å². The maximum absolute atomic E-state index is 10.7. The van der Waals surface area contributed by atoms with Crippen LogP contribution in [-0.2, 0) is 0 Å². The fourth-order valence-electron chi connectivity index (χ4n) is 2.41. The third kappa shape index (κ3) is 3.37. The highest BCUT2D eigenvalue weighted by Crippen LogP contribution is 2.37. The number of H-pyrrole nitrogens is 1. The first kappa shape index (κ1) is 16.7. The summed E-state index contributed by atoms with van der Waals surface area (Å²) in [5.41, 5.74) is 2.94. The normalized spacial score (nSPS) is 12.4. The van der Waals surface area contributed by atoms with Crippen molar-refractivity contribution in [2.45, 2.75) is 6.10 Å². The number of aromatic amines is 1. The van der Waals surface area contributed by atoms with Crippen molar-refractivity contribution in [2.24, 2.45) is 0 Å². The van der Waals surface area contributed by atoms with E-state index in [2.05, 4.69) is 4.98 Å². The Morgan fingerprint density at radius 2 is 1.57 bits per heavy atom. The second kappa shape index (κ2) is 6.76. The molecule has 0 saturated carbocycles. The molecule has 23 heavy (non-hydrogen) atoms. The molecule has 0 radical (unpaired) electrons. The number of aliphatic hydroxyl groups is 1. The summed E-state index contributed by atoms with van der Waals surface area (Å²) < 4.78 is 0.